The zero-order valence-corrected chi connectivity index (χ0v) is 17.6. The van der Waals surface area contributed by atoms with E-state index in [1.807, 2.05) is 0 Å². The van der Waals surface area contributed by atoms with Gasteiger partial charge in [-0.15, -0.1) is 0 Å². The Morgan fingerprint density at radius 2 is 1.00 bits per heavy atom. The SMILES string of the molecule is CCCCCCCCCCCCCCCCCSCc1ccccc1. The molecule has 0 aromatic heterocycles. The molecular formula is C24H42S. The Morgan fingerprint density at radius 3 is 1.48 bits per heavy atom. The molecule has 0 atom stereocenters. The zero-order valence-electron chi connectivity index (χ0n) is 16.8. The number of rotatable bonds is 18. The van der Waals surface area contributed by atoms with Crippen LogP contribution in [0, 0.1) is 0 Å². The van der Waals surface area contributed by atoms with Gasteiger partial charge in [-0.1, -0.05) is 127 Å². The van der Waals surface area contributed by atoms with E-state index in [0.717, 1.165) is 0 Å². The fourth-order valence-electron chi connectivity index (χ4n) is 3.34. The highest BCUT2D eigenvalue weighted by atomic mass is 32.2. The van der Waals surface area contributed by atoms with Gasteiger partial charge in [0, 0.05) is 5.75 Å². The van der Waals surface area contributed by atoms with Crippen molar-refractivity contribution in [3.05, 3.63) is 35.9 Å². The highest BCUT2D eigenvalue weighted by molar-refractivity contribution is 7.98. The molecule has 25 heavy (non-hydrogen) atoms. The predicted molar refractivity (Wildman–Crippen MR) is 118 cm³/mol. The van der Waals surface area contributed by atoms with Crippen LogP contribution < -0.4 is 0 Å². The van der Waals surface area contributed by atoms with Gasteiger partial charge in [0.05, 0.1) is 0 Å². The largest absolute Gasteiger partial charge is 0.157 e. The van der Waals surface area contributed by atoms with Crippen molar-refractivity contribution in [1.82, 2.24) is 0 Å². The first kappa shape index (κ1) is 22.6. The second-order valence-electron chi connectivity index (χ2n) is 7.49. The third-order valence-electron chi connectivity index (χ3n) is 5.00. The van der Waals surface area contributed by atoms with Crippen molar-refractivity contribution in [2.75, 3.05) is 5.75 Å². The van der Waals surface area contributed by atoms with Crippen molar-refractivity contribution < 1.29 is 0 Å². The highest BCUT2D eigenvalue weighted by Crippen LogP contribution is 2.16. The second-order valence-corrected chi connectivity index (χ2v) is 8.59. The van der Waals surface area contributed by atoms with E-state index in [4.69, 9.17) is 0 Å². The van der Waals surface area contributed by atoms with E-state index < -0.39 is 0 Å². The van der Waals surface area contributed by atoms with E-state index >= 15 is 0 Å². The van der Waals surface area contributed by atoms with Crippen LogP contribution in [0.25, 0.3) is 0 Å². The number of hydrogen-bond donors (Lipinski definition) is 0. The molecule has 1 rings (SSSR count). The van der Waals surface area contributed by atoms with E-state index in [0.29, 0.717) is 0 Å². The average molecular weight is 363 g/mol. The molecule has 0 amide bonds. The van der Waals surface area contributed by atoms with Gasteiger partial charge in [0.2, 0.25) is 0 Å². The highest BCUT2D eigenvalue weighted by Gasteiger charge is 1.95. The molecule has 0 N–H and O–H groups in total. The summed E-state index contributed by atoms with van der Waals surface area (Å²) in [6, 6.07) is 10.9. The summed E-state index contributed by atoms with van der Waals surface area (Å²) in [5.41, 5.74) is 1.47. The van der Waals surface area contributed by atoms with Crippen molar-refractivity contribution in [2.24, 2.45) is 0 Å². The van der Waals surface area contributed by atoms with Crippen LogP contribution in [0.15, 0.2) is 30.3 Å². The summed E-state index contributed by atoms with van der Waals surface area (Å²) < 4.78 is 0. The minimum Gasteiger partial charge on any atom is -0.157 e. The molecule has 0 aliphatic carbocycles. The van der Waals surface area contributed by atoms with Gasteiger partial charge < -0.3 is 0 Å². The molecule has 0 saturated carbocycles. The first-order valence-electron chi connectivity index (χ1n) is 11.0. The lowest BCUT2D eigenvalue weighted by molar-refractivity contribution is 0.535. The van der Waals surface area contributed by atoms with Crippen LogP contribution in [0.4, 0.5) is 0 Å². The van der Waals surface area contributed by atoms with Crippen molar-refractivity contribution in [3.63, 3.8) is 0 Å². The third kappa shape index (κ3) is 15.5. The number of thioether (sulfide) groups is 1. The summed E-state index contributed by atoms with van der Waals surface area (Å²) >= 11 is 2.09. The summed E-state index contributed by atoms with van der Waals surface area (Å²) in [6.07, 6.45) is 21.8. The van der Waals surface area contributed by atoms with E-state index in [-0.39, 0.29) is 0 Å². The lowest BCUT2D eigenvalue weighted by Crippen LogP contribution is -1.86. The molecular weight excluding hydrogens is 320 g/mol. The van der Waals surface area contributed by atoms with E-state index in [1.54, 1.807) is 0 Å². The molecule has 0 aliphatic rings. The molecule has 0 fully saturated rings. The summed E-state index contributed by atoms with van der Waals surface area (Å²) in [5, 5.41) is 0. The smallest absolute Gasteiger partial charge is 0.0184 e. The van der Waals surface area contributed by atoms with Gasteiger partial charge in [-0.3, -0.25) is 0 Å². The Labute approximate surface area is 162 Å². The maximum Gasteiger partial charge on any atom is 0.0184 e. The maximum absolute atomic E-state index is 2.30. The van der Waals surface area contributed by atoms with Crippen molar-refractivity contribution in [3.8, 4) is 0 Å². The summed E-state index contributed by atoms with van der Waals surface area (Å²) in [5.74, 6) is 2.51. The van der Waals surface area contributed by atoms with Crippen LogP contribution >= 0.6 is 11.8 Å². The molecule has 0 spiro atoms. The van der Waals surface area contributed by atoms with Crippen molar-refractivity contribution >= 4 is 11.8 Å². The minimum absolute atomic E-state index is 1.18. The first-order chi connectivity index (χ1) is 12.4. The molecule has 0 bridgehead atoms. The molecule has 1 aromatic rings. The summed E-state index contributed by atoms with van der Waals surface area (Å²) in [6.45, 7) is 2.30. The Hall–Kier alpha value is -0.430. The molecule has 0 radical (unpaired) electrons. The van der Waals surface area contributed by atoms with Gasteiger partial charge in [0.15, 0.2) is 0 Å². The minimum atomic E-state index is 1.18. The monoisotopic (exact) mass is 362 g/mol. The number of benzene rings is 1. The molecule has 0 unspecified atom stereocenters. The molecule has 0 saturated heterocycles. The molecule has 1 aromatic carbocycles. The standard InChI is InChI=1S/C24H42S/c1-2-3-4-5-6-7-8-9-10-11-12-13-14-15-19-22-25-23-24-20-17-16-18-21-24/h16-18,20-21H,2-15,19,22-23H2,1H3. The average Bonchev–Trinajstić information content (AvgIpc) is 2.65. The Bertz CT molecular complexity index is 360. The van der Waals surface area contributed by atoms with E-state index in [2.05, 4.69) is 49.0 Å². The lowest BCUT2D eigenvalue weighted by Gasteiger charge is -2.04. The first-order valence-corrected chi connectivity index (χ1v) is 12.2. The number of unbranched alkanes of at least 4 members (excludes halogenated alkanes) is 14. The fraction of sp³-hybridized carbons (Fsp3) is 0.750. The predicted octanol–water partition coefficient (Wildman–Crippen LogP) is 8.79. The molecule has 144 valence electrons. The van der Waals surface area contributed by atoms with Crippen LogP contribution in [0.3, 0.4) is 0 Å². The van der Waals surface area contributed by atoms with Crippen LogP contribution in [0.5, 0.6) is 0 Å². The quantitative estimate of drug-likeness (QED) is 0.235. The van der Waals surface area contributed by atoms with Gasteiger partial charge in [-0.05, 0) is 17.7 Å². The van der Waals surface area contributed by atoms with Crippen LogP contribution in [-0.2, 0) is 5.75 Å². The van der Waals surface area contributed by atoms with Crippen LogP contribution in [0.1, 0.15) is 109 Å². The molecule has 1 heteroatoms. The maximum atomic E-state index is 2.30. The lowest BCUT2D eigenvalue weighted by atomic mass is 10.0. The zero-order chi connectivity index (χ0) is 17.8. The Morgan fingerprint density at radius 1 is 0.560 bits per heavy atom. The van der Waals surface area contributed by atoms with Crippen molar-refractivity contribution in [1.29, 1.82) is 0 Å². The third-order valence-corrected chi connectivity index (χ3v) is 6.12. The molecule has 0 heterocycles. The second kappa shape index (κ2) is 18.4. The van der Waals surface area contributed by atoms with Crippen molar-refractivity contribution in [2.45, 2.75) is 109 Å². The van der Waals surface area contributed by atoms with E-state index in [1.165, 1.54) is 113 Å². The molecule has 0 aliphatic heterocycles. The van der Waals surface area contributed by atoms with Gasteiger partial charge in [-0.25, -0.2) is 0 Å². The summed E-state index contributed by atoms with van der Waals surface area (Å²) in [4.78, 5) is 0. The van der Waals surface area contributed by atoms with E-state index in [9.17, 15) is 0 Å². The Kier molecular flexibility index (Phi) is 16.6. The Balaban J connectivity index is 1.69. The molecule has 0 nitrogen and oxygen atoms in total. The van der Waals surface area contributed by atoms with Gasteiger partial charge in [0.1, 0.15) is 0 Å². The normalized spacial score (nSPS) is 11.1. The van der Waals surface area contributed by atoms with Crippen LogP contribution in [-0.4, -0.2) is 5.75 Å². The number of hydrogen-bond acceptors (Lipinski definition) is 1. The fourth-order valence-corrected chi connectivity index (χ4v) is 4.32. The summed E-state index contributed by atoms with van der Waals surface area (Å²) in [7, 11) is 0. The topological polar surface area (TPSA) is 0 Å². The van der Waals surface area contributed by atoms with Crippen LogP contribution in [0.2, 0.25) is 0 Å². The van der Waals surface area contributed by atoms with Gasteiger partial charge in [0.25, 0.3) is 0 Å². The van der Waals surface area contributed by atoms with Gasteiger partial charge >= 0.3 is 0 Å². The van der Waals surface area contributed by atoms with Gasteiger partial charge in [-0.2, -0.15) is 11.8 Å².